The summed E-state index contributed by atoms with van der Waals surface area (Å²) >= 11 is 0. The van der Waals surface area contributed by atoms with Crippen LogP contribution < -0.4 is 69.5 Å². The number of carbonyl (C=O) groups is 14. The van der Waals surface area contributed by atoms with Crippen LogP contribution >= 0.6 is 0 Å². The molecule has 0 aliphatic carbocycles. The number of unbranched alkanes of at least 4 members (excludes halogenated alkanes) is 4. The number of nitrogens with one attached hydrogen (secondary N) is 12. The molecule has 1 aromatic rings. The first-order valence-electron chi connectivity index (χ1n) is 38.1. The first kappa shape index (κ1) is 91.7. The fourth-order valence-corrected chi connectivity index (χ4v) is 12.4. The van der Waals surface area contributed by atoms with Crippen LogP contribution in [0.3, 0.4) is 0 Å². The summed E-state index contributed by atoms with van der Waals surface area (Å²) in [6, 6.07) is -7.65. The molecule has 2 heterocycles. The lowest BCUT2D eigenvalue weighted by molar-refractivity contribution is -0.157. The zero-order valence-corrected chi connectivity index (χ0v) is 65.8. The van der Waals surface area contributed by atoms with Crippen molar-refractivity contribution in [1.29, 1.82) is 0 Å². The third kappa shape index (κ3) is 28.0. The van der Waals surface area contributed by atoms with Crippen LogP contribution in [0.1, 0.15) is 207 Å². The highest BCUT2D eigenvalue weighted by Crippen LogP contribution is 2.23. The first-order valence-corrected chi connectivity index (χ1v) is 38.1. The summed E-state index contributed by atoms with van der Waals surface area (Å²) in [6.45, 7) is 29.8. The van der Waals surface area contributed by atoms with Crippen molar-refractivity contribution in [1.82, 2.24) is 68.7 Å². The molecule has 30 heteroatoms. The zero-order chi connectivity index (χ0) is 80.0. The van der Waals surface area contributed by atoms with E-state index in [2.05, 4.69) is 70.7 Å². The second-order valence-electron chi connectivity index (χ2n) is 30.1. The molecule has 13 amide bonds. The number of esters is 1. The summed E-state index contributed by atoms with van der Waals surface area (Å²) in [5, 5.41) is 43.2. The summed E-state index contributed by atoms with van der Waals surface area (Å²) in [7, 11) is 0. The van der Waals surface area contributed by atoms with Crippen LogP contribution in [0.5, 0.6) is 0 Å². The number of amides is 13. The van der Waals surface area contributed by atoms with Crippen LogP contribution in [0.25, 0.3) is 0 Å². The van der Waals surface area contributed by atoms with Crippen molar-refractivity contribution in [3.8, 4) is 0 Å². The van der Waals surface area contributed by atoms with Crippen molar-refractivity contribution >= 4 is 82.8 Å². The number of allylic oxidation sites excluding steroid dienone is 1. The largest absolute Gasteiger partial charge is 0.458 e. The Balaban J connectivity index is 1.99. The fraction of sp³-hybridized carbons (Fsp3) is 0.711. The van der Waals surface area contributed by atoms with Gasteiger partial charge in [0.1, 0.15) is 84.3 Å². The smallest absolute Gasteiger partial charge is 0.329 e. The third-order valence-corrected chi connectivity index (χ3v) is 19.6. The number of aliphatic hydroxyl groups is 1. The van der Waals surface area contributed by atoms with Gasteiger partial charge in [0.05, 0.1) is 6.10 Å². The Morgan fingerprint density at radius 1 is 0.604 bits per heavy atom. The van der Waals surface area contributed by atoms with Crippen LogP contribution in [0.15, 0.2) is 42.1 Å². The van der Waals surface area contributed by atoms with Crippen molar-refractivity contribution in [2.45, 2.75) is 293 Å². The Labute approximate surface area is 626 Å². The summed E-state index contributed by atoms with van der Waals surface area (Å²) in [4.78, 5) is 202. The van der Waals surface area contributed by atoms with Crippen LogP contribution in [-0.4, -0.2) is 191 Å². The number of likely N-dealkylation sites (tertiary alicyclic amines) is 1. The minimum atomic E-state index is -1.83. The van der Waals surface area contributed by atoms with Crippen LogP contribution in [0.2, 0.25) is 0 Å². The number of hydrogen-bond donors (Lipinski definition) is 14. The second-order valence-corrected chi connectivity index (χ2v) is 30.1. The van der Waals surface area contributed by atoms with Gasteiger partial charge in [0.25, 0.3) is 5.91 Å². The molecular weight excluding hydrogens is 1360 g/mol. The number of nitrogens with zero attached hydrogens (tertiary/aromatic N) is 1. The van der Waals surface area contributed by atoms with Gasteiger partial charge in [-0.2, -0.15) is 0 Å². The lowest BCUT2D eigenvalue weighted by Gasteiger charge is -2.33. The molecule has 2 aliphatic rings. The molecular formula is C76H126N14O16. The molecule has 596 valence electrons. The molecule has 0 unspecified atom stereocenters. The number of rotatable bonds is 35. The molecule has 3 rings (SSSR count). The lowest BCUT2D eigenvalue weighted by atomic mass is 9.95. The molecule has 106 heavy (non-hydrogen) atoms. The van der Waals surface area contributed by atoms with E-state index in [9.17, 15) is 62.6 Å². The van der Waals surface area contributed by atoms with Gasteiger partial charge in [-0.1, -0.05) is 179 Å². The maximum Gasteiger partial charge on any atom is 0.329 e. The zero-order valence-electron chi connectivity index (χ0n) is 65.8. The van der Waals surface area contributed by atoms with Crippen molar-refractivity contribution < 1.29 is 77.0 Å². The van der Waals surface area contributed by atoms with Gasteiger partial charge in [-0.25, -0.2) is 4.79 Å². The Morgan fingerprint density at radius 3 is 1.70 bits per heavy atom. The molecule has 0 saturated carbocycles. The maximum absolute atomic E-state index is 15.0. The Bertz CT molecular complexity index is 3160. The molecule has 0 aromatic heterocycles. The van der Waals surface area contributed by atoms with Gasteiger partial charge in [0.2, 0.25) is 70.9 Å². The van der Waals surface area contributed by atoms with E-state index < -0.39 is 203 Å². The van der Waals surface area contributed by atoms with Gasteiger partial charge in [-0.15, -0.1) is 0 Å². The number of hydrogen-bond acceptors (Lipinski definition) is 17. The van der Waals surface area contributed by atoms with E-state index in [0.717, 1.165) is 25.7 Å². The number of aliphatic hydroxyl groups excluding tert-OH is 1. The van der Waals surface area contributed by atoms with E-state index in [1.54, 1.807) is 127 Å². The molecule has 0 spiro atoms. The highest BCUT2D eigenvalue weighted by molar-refractivity contribution is 6.03. The van der Waals surface area contributed by atoms with Crippen LogP contribution in [0, 0.1) is 41.4 Å². The standard InChI is InChI=1S/C76H126N14O16/c1-19-23-24-25-29-36-54(92)81-55(40(5)6)69(98)88-62(47(17)91)73(102)83-57(42(9)10)70(99)84-58(43(11)12)75(104)90-38-31-35-53(90)67(96)79-51(34-30-37-77)65(94)86-60(45(15)20-2)72(101)89-63-48(18)106-76(105)59(44(13)14)85-64(93)50(22-4)78-66(95)52(39-49-32-27-26-28-33-49)80-68(97)56(41(7)8)82-71(100)61(46(16)21-3)87-74(63)103/h22,26-28,32-33,40-48,51-53,55-63,91H,19-21,23-25,29-31,34-39,77H2,1-18H3,(H,78,95)(H,79,96)(H,80,97)(H,81,92)(H,82,100)(H,83,102)(H,84,99)(H,85,93)(H,86,94)(H,87,103)(H,88,98)(H,89,101)/b50-22-/t45-,46-,47-,48+,51+,52+,53-,55-,56-,57+,58-,59+,60-,61-,62+,63-/m1/s1. The molecule has 2 saturated heterocycles. The third-order valence-electron chi connectivity index (χ3n) is 19.6. The molecule has 16 atom stereocenters. The topological polar surface area (TPSA) is 442 Å². The molecule has 0 radical (unpaired) electrons. The number of nitrogens with two attached hydrogens (primary N) is 1. The van der Waals surface area contributed by atoms with E-state index in [4.69, 9.17) is 10.5 Å². The highest BCUT2D eigenvalue weighted by Gasteiger charge is 2.44. The number of cyclic esters (lactones) is 1. The van der Waals surface area contributed by atoms with Crippen molar-refractivity contribution in [3.63, 3.8) is 0 Å². The van der Waals surface area contributed by atoms with Crippen LogP contribution in [0.4, 0.5) is 0 Å². The average Bonchev–Trinajstić information content (AvgIpc) is 1.54. The fourth-order valence-electron chi connectivity index (χ4n) is 12.4. The van der Waals surface area contributed by atoms with Gasteiger partial charge in [0, 0.05) is 19.4 Å². The van der Waals surface area contributed by atoms with Gasteiger partial charge >= 0.3 is 5.97 Å². The summed E-state index contributed by atoms with van der Waals surface area (Å²) in [5.74, 6) is -15.4. The van der Waals surface area contributed by atoms with Gasteiger partial charge in [0.15, 0.2) is 0 Å². The van der Waals surface area contributed by atoms with Gasteiger partial charge in [-0.05, 0) is 106 Å². The number of benzene rings is 1. The van der Waals surface area contributed by atoms with E-state index in [1.165, 1.54) is 31.7 Å². The summed E-state index contributed by atoms with van der Waals surface area (Å²) in [5.41, 5.74) is 6.34. The molecule has 2 aliphatic heterocycles. The predicted octanol–water partition coefficient (Wildman–Crippen LogP) is 2.37. The molecule has 2 fully saturated rings. The minimum absolute atomic E-state index is 0.0352. The first-order chi connectivity index (χ1) is 49.9. The lowest BCUT2D eigenvalue weighted by Crippen LogP contribution is -2.64. The molecule has 15 N–H and O–H groups in total. The monoisotopic (exact) mass is 1490 g/mol. The van der Waals surface area contributed by atoms with E-state index >= 15 is 9.59 Å². The normalized spacial score (nSPS) is 22.4. The Hall–Kier alpha value is -8.54. The number of ether oxygens (including phenoxy) is 1. The Morgan fingerprint density at radius 2 is 1.15 bits per heavy atom. The van der Waals surface area contributed by atoms with Crippen LogP contribution in [-0.2, 0) is 78.3 Å². The van der Waals surface area contributed by atoms with Gasteiger partial charge in [-0.3, -0.25) is 62.3 Å². The summed E-state index contributed by atoms with van der Waals surface area (Å²) < 4.78 is 5.96. The molecule has 0 bridgehead atoms. The predicted molar refractivity (Wildman–Crippen MR) is 400 cm³/mol. The van der Waals surface area contributed by atoms with E-state index in [0.29, 0.717) is 24.8 Å². The van der Waals surface area contributed by atoms with Gasteiger partial charge < -0.3 is 84.3 Å². The average molecular weight is 1490 g/mol. The molecule has 1 aromatic carbocycles. The van der Waals surface area contributed by atoms with E-state index in [-0.39, 0.29) is 63.2 Å². The van der Waals surface area contributed by atoms with Crippen molar-refractivity contribution in [3.05, 3.63) is 47.7 Å². The van der Waals surface area contributed by atoms with E-state index in [1.807, 2.05) is 0 Å². The quantitative estimate of drug-likeness (QED) is 0.0263. The highest BCUT2D eigenvalue weighted by atomic mass is 16.5. The van der Waals surface area contributed by atoms with Crippen molar-refractivity contribution in [2.75, 3.05) is 13.1 Å². The minimum Gasteiger partial charge on any atom is -0.458 e. The van der Waals surface area contributed by atoms with Crippen molar-refractivity contribution in [2.24, 2.45) is 47.2 Å². The Kier molecular flexibility index (Phi) is 39.1. The molecule has 30 nitrogen and oxygen atoms in total. The maximum atomic E-state index is 15.0. The SMILES string of the molecule is C/C=C1\NC(=O)[C@H](Cc2ccccc2)NC(=O)[C@@H](C(C)C)NC(=O)[C@@H]([C@H](C)CC)NC(=O)[C@H](NC(=O)[C@H](NC(=O)[C@H](CCCN)NC(=O)[C@H]2CCCN2C(=O)[C@H](NC(=O)[C@@H](NC(=O)[C@@H](NC(=O)[C@H](NC(=O)CCCCCCC)C(C)C)[C@@H](C)O)C(C)C)C(C)C)[C@H](C)CC)[C@H](C)OC(=O)[C@H](C(C)C)NC1=O. The number of carbonyl (C=O) groups excluding carboxylic acids is 14. The second kappa shape index (κ2) is 45.2. The summed E-state index contributed by atoms with van der Waals surface area (Å²) in [6.07, 6.45) is 4.19.